The van der Waals surface area contributed by atoms with Crippen molar-refractivity contribution >= 4 is 11.8 Å². The number of hydrogen-bond donors (Lipinski definition) is 17. The number of carbonyl (C=O) groups is 2. The van der Waals surface area contributed by atoms with Crippen LogP contribution in [-0.2, 0) is 52.2 Å². The van der Waals surface area contributed by atoms with Crippen molar-refractivity contribution in [1.29, 1.82) is 0 Å². The van der Waals surface area contributed by atoms with Crippen molar-refractivity contribution in [2.24, 2.45) is 0 Å². The fourth-order valence-corrected chi connectivity index (χ4v) is 7.83. The first-order valence-corrected chi connectivity index (χ1v) is 19.6. The molecule has 0 aromatic heterocycles. The number of carbonyl (C=O) groups excluding carboxylic acids is 2. The van der Waals surface area contributed by atoms with Gasteiger partial charge in [0.2, 0.25) is 11.8 Å². The Balaban J connectivity index is 1.35. The molecule has 0 unspecified atom stereocenters. The zero-order chi connectivity index (χ0) is 45.9. The molecule has 0 aliphatic carbocycles. The Hall–Kier alpha value is -2.02. The molecule has 5 fully saturated rings. The van der Waals surface area contributed by atoms with E-state index in [0.717, 1.165) is 13.8 Å². The average molecular weight is 911 g/mol. The second kappa shape index (κ2) is 22.0. The maximum absolute atomic E-state index is 12.4. The molecule has 17 N–H and O–H groups in total. The molecule has 5 heterocycles. The average Bonchev–Trinajstić information content (AvgIpc) is 3.23. The van der Waals surface area contributed by atoms with E-state index in [1.54, 1.807) is 0 Å². The van der Waals surface area contributed by atoms with Gasteiger partial charge in [0, 0.05) is 13.8 Å². The highest BCUT2D eigenvalue weighted by atomic mass is 16.8. The van der Waals surface area contributed by atoms with Crippen LogP contribution in [0.5, 0.6) is 0 Å². The Kier molecular flexibility index (Phi) is 18.1. The van der Waals surface area contributed by atoms with Crippen molar-refractivity contribution in [3.63, 3.8) is 0 Å². The molecule has 5 aliphatic heterocycles. The summed E-state index contributed by atoms with van der Waals surface area (Å²) in [6.07, 6.45) is -42.4. The number of hydrogen-bond acceptors (Lipinski definition) is 26. The second-order valence-corrected chi connectivity index (χ2v) is 15.4. The van der Waals surface area contributed by atoms with E-state index in [-0.39, 0.29) is 0 Å². The van der Waals surface area contributed by atoms with Crippen LogP contribution in [-0.4, -0.2) is 275 Å². The third-order valence-corrected chi connectivity index (χ3v) is 11.1. The van der Waals surface area contributed by atoms with Gasteiger partial charge in [-0.1, -0.05) is 0 Å². The van der Waals surface area contributed by atoms with E-state index in [0.29, 0.717) is 0 Å². The SMILES string of the molecule is CC(=O)N[C@@H]1[C@@H](O)[C@H](O[C@@H]2O[C@H](CO)[C@@H](O[C@@H]3O[C@H](CO)[C@@H](O)[C@H](O[C@@H]4O[C@H](CO)[C@@H](O)[C@H](O[C@H]5O[C@H](CO)[C@@H](O)[C@H](O)[C@@H]5O)[C@@H]4O)[C@@H]3O)[C@H](O)[C@H]2NC(C)=O)[C@@H](CO)O[C@H]1O. The molecular weight excluding hydrogens is 852 g/mol. The fraction of sp³-hybridized carbons (Fsp3) is 0.941. The van der Waals surface area contributed by atoms with Crippen LogP contribution >= 0.6 is 0 Å². The molecule has 0 spiro atoms. The van der Waals surface area contributed by atoms with Gasteiger partial charge >= 0.3 is 0 Å². The lowest BCUT2D eigenvalue weighted by Gasteiger charge is -2.50. The summed E-state index contributed by atoms with van der Waals surface area (Å²) in [4.78, 5) is 24.1. The van der Waals surface area contributed by atoms with Crippen LogP contribution in [0.3, 0.4) is 0 Å². The molecule has 2 amide bonds. The molecule has 0 aromatic carbocycles. The monoisotopic (exact) mass is 910 g/mol. The number of nitrogens with one attached hydrogen (secondary N) is 2. The molecule has 5 saturated heterocycles. The normalized spacial score (nSPS) is 49.0. The summed E-state index contributed by atoms with van der Waals surface area (Å²) in [7, 11) is 0. The van der Waals surface area contributed by atoms with E-state index in [1.165, 1.54) is 0 Å². The number of ether oxygens (including phenoxy) is 9. The molecule has 0 radical (unpaired) electrons. The van der Waals surface area contributed by atoms with Crippen molar-refractivity contribution in [2.75, 3.05) is 33.0 Å². The Morgan fingerprint density at radius 3 is 1.16 bits per heavy atom. The molecule has 0 saturated carbocycles. The van der Waals surface area contributed by atoms with Crippen molar-refractivity contribution < 1.29 is 129 Å². The third kappa shape index (κ3) is 10.8. The van der Waals surface area contributed by atoms with Gasteiger partial charge in [0.05, 0.1) is 33.0 Å². The highest BCUT2D eigenvalue weighted by molar-refractivity contribution is 5.73. The predicted octanol–water partition coefficient (Wildman–Crippen LogP) is -11.6. The minimum Gasteiger partial charge on any atom is -0.394 e. The van der Waals surface area contributed by atoms with Gasteiger partial charge in [0.1, 0.15) is 122 Å². The van der Waals surface area contributed by atoms with Crippen LogP contribution in [0.2, 0.25) is 0 Å². The largest absolute Gasteiger partial charge is 0.394 e. The Bertz CT molecular complexity index is 1440. The van der Waals surface area contributed by atoms with Gasteiger partial charge in [-0.25, -0.2) is 0 Å². The predicted molar refractivity (Wildman–Crippen MR) is 190 cm³/mol. The summed E-state index contributed by atoms with van der Waals surface area (Å²) in [5.74, 6) is -1.47. The maximum Gasteiger partial charge on any atom is 0.217 e. The molecule has 360 valence electrons. The lowest BCUT2D eigenvalue weighted by atomic mass is 9.94. The summed E-state index contributed by atoms with van der Waals surface area (Å²) >= 11 is 0. The van der Waals surface area contributed by atoms with Crippen LogP contribution in [0.25, 0.3) is 0 Å². The van der Waals surface area contributed by atoms with Crippen LogP contribution in [0.15, 0.2) is 0 Å². The van der Waals surface area contributed by atoms with E-state index in [1.807, 2.05) is 0 Å². The lowest BCUT2D eigenvalue weighted by molar-refractivity contribution is -0.389. The molecule has 28 nitrogen and oxygen atoms in total. The van der Waals surface area contributed by atoms with Crippen molar-refractivity contribution in [1.82, 2.24) is 10.6 Å². The minimum atomic E-state index is -2.16. The van der Waals surface area contributed by atoms with Crippen LogP contribution in [0.4, 0.5) is 0 Å². The molecule has 28 heteroatoms. The smallest absolute Gasteiger partial charge is 0.217 e. The fourth-order valence-electron chi connectivity index (χ4n) is 7.83. The summed E-state index contributed by atoms with van der Waals surface area (Å²) in [6, 6.07) is -3.15. The first kappa shape index (κ1) is 51.0. The molecule has 5 rings (SSSR count). The number of aliphatic hydroxyl groups is 15. The number of rotatable bonds is 15. The highest BCUT2D eigenvalue weighted by Gasteiger charge is 2.57. The van der Waals surface area contributed by atoms with E-state index in [9.17, 15) is 86.2 Å². The topological polar surface area (TPSA) is 445 Å². The van der Waals surface area contributed by atoms with Crippen molar-refractivity contribution in [3.05, 3.63) is 0 Å². The number of aliphatic hydroxyl groups excluding tert-OH is 15. The Morgan fingerprint density at radius 2 is 0.726 bits per heavy atom. The summed E-state index contributed by atoms with van der Waals surface area (Å²) in [6.45, 7) is -2.49. The van der Waals surface area contributed by atoms with E-state index >= 15 is 0 Å². The van der Waals surface area contributed by atoms with Crippen molar-refractivity contribution in [2.45, 2.75) is 167 Å². The minimum absolute atomic E-state index is 0.685. The maximum atomic E-state index is 12.4. The van der Waals surface area contributed by atoms with Crippen LogP contribution in [0.1, 0.15) is 13.8 Å². The molecular formula is C34H58N2O26. The molecule has 25 atom stereocenters. The first-order valence-electron chi connectivity index (χ1n) is 19.6. The zero-order valence-electron chi connectivity index (χ0n) is 33.2. The third-order valence-electron chi connectivity index (χ3n) is 11.1. The van der Waals surface area contributed by atoms with Gasteiger partial charge in [0.25, 0.3) is 0 Å². The van der Waals surface area contributed by atoms with E-state index < -0.39 is 198 Å². The summed E-state index contributed by atoms with van der Waals surface area (Å²) in [5, 5.41) is 163. The second-order valence-electron chi connectivity index (χ2n) is 15.4. The van der Waals surface area contributed by atoms with Crippen molar-refractivity contribution in [3.8, 4) is 0 Å². The van der Waals surface area contributed by atoms with Gasteiger partial charge in [-0.2, -0.15) is 0 Å². The highest BCUT2D eigenvalue weighted by Crippen LogP contribution is 2.35. The molecule has 5 aliphatic rings. The molecule has 0 bridgehead atoms. The molecule has 0 aromatic rings. The van der Waals surface area contributed by atoms with Gasteiger partial charge < -0.3 is 130 Å². The quantitative estimate of drug-likeness (QED) is 0.0725. The molecule has 62 heavy (non-hydrogen) atoms. The summed E-state index contributed by atoms with van der Waals surface area (Å²) in [5.41, 5.74) is 0. The Labute approximate surface area is 351 Å². The van der Waals surface area contributed by atoms with Gasteiger partial charge in [-0.05, 0) is 0 Å². The Morgan fingerprint density at radius 1 is 0.387 bits per heavy atom. The van der Waals surface area contributed by atoms with Crippen LogP contribution < -0.4 is 10.6 Å². The van der Waals surface area contributed by atoms with E-state index in [2.05, 4.69) is 10.6 Å². The standard InChI is InChI=1S/C34H58N2O26/c1-8(42)35-15-20(47)26(13(6-40)54-30(15)53)59-31-16(36-9(2)43)21(48)27(14(7-41)58-31)60-33-24(51)29(19(46)11(4-38)56-33)62-34-25(52)28(18(45)12(5-39)57-34)61-32-23(50)22(49)17(44)10(3-37)55-32/h10-34,37-41,44-53H,3-7H2,1-2H3,(H,35,42)(H,36,43)/t10-,11-,12-,13-,14-,15-,16-,17-,18-,19-,20-,21-,22+,23+,24+,25+,26-,27-,28+,29+,30-,31+,32-,33+,34+/m1/s1. The zero-order valence-corrected chi connectivity index (χ0v) is 33.2. The first-order chi connectivity index (χ1) is 29.3. The van der Waals surface area contributed by atoms with E-state index in [4.69, 9.17) is 42.6 Å². The van der Waals surface area contributed by atoms with Gasteiger partial charge in [-0.15, -0.1) is 0 Å². The lowest BCUT2D eigenvalue weighted by Crippen LogP contribution is -2.70. The van der Waals surface area contributed by atoms with Crippen LogP contribution in [0, 0.1) is 0 Å². The number of amides is 2. The summed E-state index contributed by atoms with van der Waals surface area (Å²) < 4.78 is 50.6. The van der Waals surface area contributed by atoms with Gasteiger partial charge in [0.15, 0.2) is 31.5 Å². The van der Waals surface area contributed by atoms with Gasteiger partial charge in [-0.3, -0.25) is 9.59 Å².